The van der Waals surface area contributed by atoms with Crippen LogP contribution in [0.4, 0.5) is 8.78 Å². The third kappa shape index (κ3) is 1.81. The first-order valence-electron chi connectivity index (χ1n) is 3.89. The molecular formula is C8H10F2O2. The summed E-state index contributed by atoms with van der Waals surface area (Å²) < 4.78 is 24.3. The molecule has 0 aromatic heterocycles. The van der Waals surface area contributed by atoms with Crippen LogP contribution in [-0.2, 0) is 4.79 Å². The minimum Gasteiger partial charge on any atom is -0.481 e. The first-order chi connectivity index (χ1) is 5.63. The fraction of sp³-hybridized carbons (Fsp3) is 0.625. The molecule has 0 amide bonds. The van der Waals surface area contributed by atoms with Crippen LogP contribution in [-0.4, -0.2) is 11.1 Å². The van der Waals surface area contributed by atoms with E-state index in [9.17, 15) is 13.6 Å². The van der Waals surface area contributed by atoms with Gasteiger partial charge in [0.1, 0.15) is 0 Å². The lowest BCUT2D eigenvalue weighted by molar-refractivity contribution is -0.141. The van der Waals surface area contributed by atoms with Crippen molar-refractivity contribution in [1.82, 2.24) is 0 Å². The molecule has 0 spiro atoms. The molecule has 1 aliphatic carbocycles. The predicted molar refractivity (Wildman–Crippen MR) is 38.8 cm³/mol. The van der Waals surface area contributed by atoms with Crippen LogP contribution in [0.25, 0.3) is 0 Å². The Bertz CT molecular complexity index is 219. The molecular weight excluding hydrogens is 166 g/mol. The molecule has 68 valence electrons. The van der Waals surface area contributed by atoms with E-state index in [1.54, 1.807) is 0 Å². The Balaban J connectivity index is 2.82. The maximum Gasteiger partial charge on any atom is 0.310 e. The lowest BCUT2D eigenvalue weighted by Gasteiger charge is -2.20. The Morgan fingerprint density at radius 3 is 2.50 bits per heavy atom. The van der Waals surface area contributed by atoms with Crippen molar-refractivity contribution >= 4 is 5.97 Å². The summed E-state index contributed by atoms with van der Waals surface area (Å²) in [6.45, 7) is 0. The van der Waals surface area contributed by atoms with Crippen molar-refractivity contribution in [2.45, 2.75) is 25.7 Å². The van der Waals surface area contributed by atoms with E-state index in [4.69, 9.17) is 5.11 Å². The van der Waals surface area contributed by atoms with Crippen LogP contribution in [0.1, 0.15) is 25.7 Å². The quantitative estimate of drug-likeness (QED) is 0.666. The normalized spacial score (nSPS) is 23.8. The maximum atomic E-state index is 12.1. The molecule has 1 aliphatic rings. The van der Waals surface area contributed by atoms with Gasteiger partial charge in [-0.1, -0.05) is 6.42 Å². The third-order valence-electron chi connectivity index (χ3n) is 2.15. The molecule has 0 aromatic rings. The van der Waals surface area contributed by atoms with E-state index in [2.05, 4.69) is 0 Å². The molecule has 1 rings (SSSR count). The summed E-state index contributed by atoms with van der Waals surface area (Å²) in [5.74, 6) is -2.07. The van der Waals surface area contributed by atoms with Gasteiger partial charge in [-0.15, -0.1) is 0 Å². The lowest BCUT2D eigenvalue weighted by atomic mass is 9.85. The van der Waals surface area contributed by atoms with Gasteiger partial charge in [0.25, 0.3) is 6.08 Å². The third-order valence-corrected chi connectivity index (χ3v) is 2.15. The van der Waals surface area contributed by atoms with Crippen LogP contribution in [0.15, 0.2) is 11.7 Å². The van der Waals surface area contributed by atoms with E-state index in [-0.39, 0.29) is 12.0 Å². The van der Waals surface area contributed by atoms with Crippen LogP contribution in [0.5, 0.6) is 0 Å². The molecule has 2 nitrogen and oxygen atoms in total. The predicted octanol–water partition coefficient (Wildman–Crippen LogP) is 2.41. The van der Waals surface area contributed by atoms with Crippen molar-refractivity contribution in [3.8, 4) is 0 Å². The Morgan fingerprint density at radius 1 is 1.42 bits per heavy atom. The van der Waals surface area contributed by atoms with E-state index in [0.717, 1.165) is 6.42 Å². The Kier molecular flexibility index (Phi) is 2.78. The summed E-state index contributed by atoms with van der Waals surface area (Å²) in [5.41, 5.74) is -0.172. The van der Waals surface area contributed by atoms with Crippen molar-refractivity contribution in [3.05, 3.63) is 11.7 Å². The summed E-state index contributed by atoms with van der Waals surface area (Å²) in [7, 11) is 0. The monoisotopic (exact) mass is 176 g/mol. The smallest absolute Gasteiger partial charge is 0.310 e. The second-order valence-electron chi connectivity index (χ2n) is 2.92. The van der Waals surface area contributed by atoms with Crippen molar-refractivity contribution in [2.75, 3.05) is 0 Å². The van der Waals surface area contributed by atoms with Gasteiger partial charge in [0, 0.05) is 5.57 Å². The van der Waals surface area contributed by atoms with E-state index >= 15 is 0 Å². The number of hydrogen-bond acceptors (Lipinski definition) is 1. The van der Waals surface area contributed by atoms with E-state index < -0.39 is 18.0 Å². The summed E-state index contributed by atoms with van der Waals surface area (Å²) in [5, 5.41) is 8.59. The number of carbonyl (C=O) groups is 1. The highest BCUT2D eigenvalue weighted by molar-refractivity contribution is 5.73. The average Bonchev–Trinajstić information content (AvgIpc) is 2.04. The molecule has 1 fully saturated rings. The maximum absolute atomic E-state index is 12.1. The molecule has 1 unspecified atom stereocenters. The molecule has 1 N–H and O–H groups in total. The molecule has 0 aromatic carbocycles. The first-order valence-corrected chi connectivity index (χ1v) is 3.89. The zero-order valence-electron chi connectivity index (χ0n) is 6.52. The summed E-state index contributed by atoms with van der Waals surface area (Å²) in [4.78, 5) is 10.5. The van der Waals surface area contributed by atoms with E-state index in [1.165, 1.54) is 0 Å². The van der Waals surface area contributed by atoms with Crippen LogP contribution in [0.3, 0.4) is 0 Å². The van der Waals surface area contributed by atoms with Crippen LogP contribution < -0.4 is 0 Å². The van der Waals surface area contributed by atoms with Gasteiger partial charge in [0.15, 0.2) is 0 Å². The number of aliphatic carboxylic acids is 1. The molecule has 0 aliphatic heterocycles. The van der Waals surface area contributed by atoms with Gasteiger partial charge in [-0.05, 0) is 19.3 Å². The minimum atomic E-state index is -1.80. The first kappa shape index (κ1) is 9.16. The summed E-state index contributed by atoms with van der Waals surface area (Å²) >= 11 is 0. The van der Waals surface area contributed by atoms with Crippen LogP contribution in [0.2, 0.25) is 0 Å². The molecule has 1 saturated carbocycles. The number of carboxylic acid groups (broad SMARTS) is 1. The van der Waals surface area contributed by atoms with Gasteiger partial charge in [-0.2, -0.15) is 8.78 Å². The highest BCUT2D eigenvalue weighted by atomic mass is 19.3. The molecule has 12 heavy (non-hydrogen) atoms. The molecule has 0 bridgehead atoms. The standard InChI is InChI=1S/C8H10F2O2/c9-7(10)5-3-1-2-4-6(5)8(11)12/h6H,1-4H2,(H,11,12). The fourth-order valence-corrected chi connectivity index (χ4v) is 1.51. The van der Waals surface area contributed by atoms with Gasteiger partial charge in [0.2, 0.25) is 0 Å². The van der Waals surface area contributed by atoms with Crippen molar-refractivity contribution in [1.29, 1.82) is 0 Å². The Morgan fingerprint density at radius 2 is 2.08 bits per heavy atom. The van der Waals surface area contributed by atoms with E-state index in [0.29, 0.717) is 12.8 Å². The van der Waals surface area contributed by atoms with Crippen LogP contribution >= 0.6 is 0 Å². The molecule has 0 heterocycles. The number of rotatable bonds is 1. The van der Waals surface area contributed by atoms with Gasteiger partial charge < -0.3 is 5.11 Å². The van der Waals surface area contributed by atoms with Gasteiger partial charge >= 0.3 is 5.97 Å². The zero-order chi connectivity index (χ0) is 9.14. The van der Waals surface area contributed by atoms with E-state index in [1.807, 2.05) is 0 Å². The average molecular weight is 176 g/mol. The van der Waals surface area contributed by atoms with Crippen LogP contribution in [0, 0.1) is 5.92 Å². The SMILES string of the molecule is O=C(O)C1CCCCC1=C(F)F. The van der Waals surface area contributed by atoms with Crippen molar-refractivity contribution < 1.29 is 18.7 Å². The number of hydrogen-bond donors (Lipinski definition) is 1. The number of carboxylic acids is 1. The van der Waals surface area contributed by atoms with Crippen molar-refractivity contribution in [3.63, 3.8) is 0 Å². The largest absolute Gasteiger partial charge is 0.481 e. The highest BCUT2D eigenvalue weighted by Gasteiger charge is 2.28. The molecule has 0 radical (unpaired) electrons. The summed E-state index contributed by atoms with van der Waals surface area (Å²) in [6.07, 6.45) is 0.188. The van der Waals surface area contributed by atoms with Crippen molar-refractivity contribution in [2.24, 2.45) is 5.92 Å². The second kappa shape index (κ2) is 3.65. The topological polar surface area (TPSA) is 37.3 Å². The second-order valence-corrected chi connectivity index (χ2v) is 2.92. The molecule has 4 heteroatoms. The highest BCUT2D eigenvalue weighted by Crippen LogP contribution is 2.32. The Hall–Kier alpha value is -0.930. The molecule has 0 saturated heterocycles. The van der Waals surface area contributed by atoms with Gasteiger partial charge in [0.05, 0.1) is 5.92 Å². The fourth-order valence-electron chi connectivity index (χ4n) is 1.51. The zero-order valence-corrected chi connectivity index (χ0v) is 6.52. The molecule has 1 atom stereocenters. The number of halogens is 2. The van der Waals surface area contributed by atoms with Gasteiger partial charge in [-0.25, -0.2) is 0 Å². The Labute approximate surface area is 68.9 Å². The lowest BCUT2D eigenvalue weighted by Crippen LogP contribution is -2.20. The summed E-state index contributed by atoms with van der Waals surface area (Å²) in [6, 6.07) is 0. The van der Waals surface area contributed by atoms with Gasteiger partial charge in [-0.3, -0.25) is 4.79 Å². The minimum absolute atomic E-state index is 0.172.